The summed E-state index contributed by atoms with van der Waals surface area (Å²) in [6.45, 7) is 2.21. The second-order valence-corrected chi connectivity index (χ2v) is 10.4. The summed E-state index contributed by atoms with van der Waals surface area (Å²) >= 11 is 0. The maximum Gasteiger partial charge on any atom is 1.00 e. The minimum Gasteiger partial charge on any atom is -0.748 e. The Bertz CT molecular complexity index is 552. The van der Waals surface area contributed by atoms with E-state index in [1.54, 1.807) is 0 Å². The molecule has 1 amide bonds. The monoisotopic (exact) mass is 481 g/mol. The van der Waals surface area contributed by atoms with Crippen molar-refractivity contribution in [2.45, 2.75) is 122 Å². The van der Waals surface area contributed by atoms with E-state index in [1.165, 1.54) is 121 Å². The molecule has 0 aliphatic heterocycles. The van der Waals surface area contributed by atoms with E-state index in [-0.39, 0.29) is 42.0 Å². The van der Waals surface area contributed by atoms with Crippen molar-refractivity contribution in [2.24, 2.45) is 0 Å². The first-order valence-electron chi connectivity index (χ1n) is 12.7. The Balaban J connectivity index is 0. The molecule has 0 fully saturated rings. The first-order chi connectivity index (χ1) is 14.9. The van der Waals surface area contributed by atoms with Gasteiger partial charge in [0.15, 0.2) is 0 Å². The van der Waals surface area contributed by atoms with Crippen LogP contribution in [0.5, 0.6) is 0 Å². The summed E-state index contributed by atoms with van der Waals surface area (Å²) < 4.78 is 31.8. The second kappa shape index (κ2) is 24.3. The number of likely N-dealkylation sites (N-methyl/N-ethyl adjacent to an activating group) is 1. The van der Waals surface area contributed by atoms with Gasteiger partial charge in [-0.1, -0.05) is 116 Å². The van der Waals surface area contributed by atoms with Crippen LogP contribution in [-0.2, 0) is 14.9 Å². The van der Waals surface area contributed by atoms with E-state index in [2.05, 4.69) is 6.92 Å². The van der Waals surface area contributed by atoms with Gasteiger partial charge in [0.1, 0.15) is 0 Å². The molecule has 0 saturated heterocycles. The maximum atomic E-state index is 11.8. The number of rotatable bonds is 22. The summed E-state index contributed by atoms with van der Waals surface area (Å²) in [4.78, 5) is 13.0. The SMILES string of the molecule is CCCCCCCCCCCCCCCCCCC/C=C/C(=O)N(C)CCS(=O)(=O)[O-].[Na+]. The molecule has 7 heteroatoms. The predicted molar refractivity (Wildman–Crippen MR) is 130 cm³/mol. The summed E-state index contributed by atoms with van der Waals surface area (Å²) in [6, 6.07) is 0. The van der Waals surface area contributed by atoms with Crippen molar-refractivity contribution >= 4 is 16.0 Å². The largest absolute Gasteiger partial charge is 1.00 e. The van der Waals surface area contributed by atoms with Gasteiger partial charge in [0.2, 0.25) is 5.91 Å². The normalized spacial score (nSPS) is 11.6. The molecule has 0 spiro atoms. The van der Waals surface area contributed by atoms with Crippen molar-refractivity contribution in [3.63, 3.8) is 0 Å². The van der Waals surface area contributed by atoms with Crippen molar-refractivity contribution in [3.8, 4) is 0 Å². The summed E-state index contributed by atoms with van der Waals surface area (Å²) in [5.41, 5.74) is 0. The standard InChI is InChI=1S/C25H49NO4S.Na/c1-3-4-5-6-7-8-9-10-11-12-13-14-15-16-17-18-19-20-21-22-25(27)26(2)23-24-31(28,29)30;/h21-22H,3-20,23-24H2,1-2H3,(H,28,29,30);/q;+1/p-1/b22-21+;. The number of carbonyl (C=O) groups excluding carboxylic acids is 1. The maximum absolute atomic E-state index is 11.8. The summed E-state index contributed by atoms with van der Waals surface area (Å²) in [6.07, 6.45) is 27.1. The van der Waals surface area contributed by atoms with Gasteiger partial charge in [-0.15, -0.1) is 0 Å². The minimum atomic E-state index is -4.28. The third kappa shape index (κ3) is 26.4. The number of allylic oxidation sites excluding steroid dienone is 1. The van der Waals surface area contributed by atoms with E-state index in [1.807, 2.05) is 6.08 Å². The van der Waals surface area contributed by atoms with Crippen LogP contribution in [0.25, 0.3) is 0 Å². The molecule has 0 aromatic carbocycles. The zero-order valence-electron chi connectivity index (χ0n) is 21.3. The van der Waals surface area contributed by atoms with E-state index in [0.717, 1.165) is 12.8 Å². The zero-order valence-corrected chi connectivity index (χ0v) is 24.1. The predicted octanol–water partition coefficient (Wildman–Crippen LogP) is 3.59. The molecule has 0 aromatic rings. The molecule has 0 aliphatic carbocycles. The Hall–Kier alpha value is 0.120. The number of unbranched alkanes of at least 4 members (excludes halogenated alkanes) is 17. The molecule has 0 atom stereocenters. The molecule has 0 bridgehead atoms. The van der Waals surface area contributed by atoms with Crippen LogP contribution in [-0.4, -0.2) is 43.1 Å². The average Bonchev–Trinajstić information content (AvgIpc) is 2.72. The van der Waals surface area contributed by atoms with Crippen LogP contribution in [0.3, 0.4) is 0 Å². The molecule has 0 heterocycles. The zero-order chi connectivity index (χ0) is 23.2. The van der Waals surface area contributed by atoms with Crippen LogP contribution in [0.15, 0.2) is 12.2 Å². The van der Waals surface area contributed by atoms with Gasteiger partial charge in [0.05, 0.1) is 15.9 Å². The van der Waals surface area contributed by atoms with Gasteiger partial charge in [-0.05, 0) is 18.9 Å². The molecule has 0 aromatic heterocycles. The Morgan fingerprint density at radius 2 is 1.12 bits per heavy atom. The van der Waals surface area contributed by atoms with Crippen LogP contribution in [0.4, 0.5) is 0 Å². The molecule has 184 valence electrons. The van der Waals surface area contributed by atoms with Gasteiger partial charge in [-0.2, -0.15) is 0 Å². The van der Waals surface area contributed by atoms with E-state index in [4.69, 9.17) is 0 Å². The van der Waals surface area contributed by atoms with Gasteiger partial charge in [0, 0.05) is 13.6 Å². The first-order valence-corrected chi connectivity index (χ1v) is 14.3. The van der Waals surface area contributed by atoms with Gasteiger partial charge < -0.3 is 9.45 Å². The molecule has 0 unspecified atom stereocenters. The molecular formula is C25H48NNaO4S. The molecule has 0 saturated carbocycles. The number of hydrogen-bond donors (Lipinski definition) is 0. The second-order valence-electron chi connectivity index (χ2n) is 8.87. The quantitative estimate of drug-likeness (QED) is 0.102. The van der Waals surface area contributed by atoms with Crippen molar-refractivity contribution in [1.82, 2.24) is 4.90 Å². The third-order valence-corrected chi connectivity index (χ3v) is 6.47. The van der Waals surface area contributed by atoms with Crippen LogP contribution in [0, 0.1) is 0 Å². The van der Waals surface area contributed by atoms with Gasteiger partial charge in [0.25, 0.3) is 0 Å². The Kier molecular flexibility index (Phi) is 26.0. The fourth-order valence-corrected chi connectivity index (χ4v) is 4.15. The van der Waals surface area contributed by atoms with Crippen molar-refractivity contribution in [1.29, 1.82) is 0 Å². The van der Waals surface area contributed by atoms with Crippen molar-refractivity contribution in [2.75, 3.05) is 19.3 Å². The van der Waals surface area contributed by atoms with Gasteiger partial charge >= 0.3 is 29.6 Å². The van der Waals surface area contributed by atoms with Crippen molar-refractivity contribution < 1.29 is 47.3 Å². The molecule has 5 nitrogen and oxygen atoms in total. The fraction of sp³-hybridized carbons (Fsp3) is 0.880. The van der Waals surface area contributed by atoms with Crippen LogP contribution in [0.2, 0.25) is 0 Å². The molecule has 0 rings (SSSR count). The summed E-state index contributed by atoms with van der Waals surface area (Å²) in [5.74, 6) is -0.793. The topological polar surface area (TPSA) is 77.5 Å². The van der Waals surface area contributed by atoms with E-state index >= 15 is 0 Å². The molecule has 32 heavy (non-hydrogen) atoms. The molecule has 0 aliphatic rings. The average molecular weight is 482 g/mol. The Morgan fingerprint density at radius 3 is 1.50 bits per heavy atom. The fourth-order valence-electron chi connectivity index (χ4n) is 3.66. The van der Waals surface area contributed by atoms with Crippen molar-refractivity contribution in [3.05, 3.63) is 12.2 Å². The van der Waals surface area contributed by atoms with E-state index in [9.17, 15) is 17.8 Å². The molecular weight excluding hydrogens is 433 g/mol. The smallest absolute Gasteiger partial charge is 0.748 e. The number of hydrogen-bond acceptors (Lipinski definition) is 4. The molecule has 0 radical (unpaired) electrons. The minimum absolute atomic E-state index is 0. The van der Waals surface area contributed by atoms with Crippen LogP contribution in [0.1, 0.15) is 122 Å². The van der Waals surface area contributed by atoms with Crippen LogP contribution >= 0.6 is 0 Å². The van der Waals surface area contributed by atoms with Gasteiger partial charge in [-0.25, -0.2) is 8.42 Å². The van der Waals surface area contributed by atoms with E-state index < -0.39 is 15.9 Å². The number of carbonyl (C=O) groups is 1. The summed E-state index contributed by atoms with van der Waals surface area (Å²) in [5, 5.41) is 0. The first kappa shape index (κ1) is 34.3. The van der Waals surface area contributed by atoms with Gasteiger partial charge in [-0.3, -0.25) is 4.79 Å². The van der Waals surface area contributed by atoms with Crippen LogP contribution < -0.4 is 29.6 Å². The molecule has 0 N–H and O–H groups in total. The Labute approximate surface area is 221 Å². The number of nitrogens with zero attached hydrogens (tertiary/aromatic N) is 1. The Morgan fingerprint density at radius 1 is 0.750 bits per heavy atom. The third-order valence-electron chi connectivity index (χ3n) is 5.79. The van der Waals surface area contributed by atoms with E-state index in [0.29, 0.717) is 0 Å². The summed E-state index contributed by atoms with van der Waals surface area (Å²) in [7, 11) is -2.77. The number of amides is 1.